The third-order valence-electron chi connectivity index (χ3n) is 3.26. The Bertz CT molecular complexity index is 557. The zero-order chi connectivity index (χ0) is 13.8. The highest BCUT2D eigenvalue weighted by Crippen LogP contribution is 2.32. The van der Waals surface area contributed by atoms with Crippen molar-refractivity contribution in [1.29, 1.82) is 0 Å². The summed E-state index contributed by atoms with van der Waals surface area (Å²) in [5, 5.41) is 7.00. The molecule has 1 aromatic carbocycles. The van der Waals surface area contributed by atoms with E-state index in [1.54, 1.807) is 0 Å². The molecule has 0 aliphatic carbocycles. The molecule has 1 atom stereocenters. The van der Waals surface area contributed by atoms with Crippen molar-refractivity contribution in [3.8, 4) is 11.5 Å². The van der Waals surface area contributed by atoms with Gasteiger partial charge in [0.1, 0.15) is 13.2 Å². The Labute approximate surface area is 117 Å². The summed E-state index contributed by atoms with van der Waals surface area (Å²) in [4.78, 5) is 3.99. The van der Waals surface area contributed by atoms with Gasteiger partial charge in [-0.1, -0.05) is 11.2 Å². The molecule has 1 unspecified atom stereocenters. The topological polar surface area (TPSA) is 69.4 Å². The Morgan fingerprint density at radius 3 is 2.90 bits per heavy atom. The van der Waals surface area contributed by atoms with Gasteiger partial charge in [0.15, 0.2) is 17.8 Å². The van der Waals surface area contributed by atoms with Crippen molar-refractivity contribution in [2.24, 2.45) is 0 Å². The Balaban J connectivity index is 1.57. The minimum Gasteiger partial charge on any atom is -0.486 e. The molecule has 0 amide bonds. The monoisotopic (exact) mass is 275 g/mol. The summed E-state index contributed by atoms with van der Waals surface area (Å²) in [6.07, 6.45) is 2.13. The predicted molar refractivity (Wildman–Crippen MR) is 71.9 cm³/mol. The molecule has 0 radical (unpaired) electrons. The highest BCUT2D eigenvalue weighted by atomic mass is 16.6. The molecule has 106 valence electrons. The quantitative estimate of drug-likeness (QED) is 0.896. The van der Waals surface area contributed by atoms with Crippen molar-refractivity contribution in [2.75, 3.05) is 19.8 Å². The van der Waals surface area contributed by atoms with E-state index in [4.69, 9.17) is 14.0 Å². The second-order valence-corrected chi connectivity index (χ2v) is 4.66. The molecule has 0 saturated carbocycles. The number of nitrogens with one attached hydrogen (secondary N) is 1. The molecular weight excluding hydrogens is 258 g/mol. The Morgan fingerprint density at radius 2 is 2.10 bits per heavy atom. The van der Waals surface area contributed by atoms with Gasteiger partial charge in [-0.05, 0) is 24.6 Å². The van der Waals surface area contributed by atoms with Crippen LogP contribution in [0.5, 0.6) is 11.5 Å². The lowest BCUT2D eigenvalue weighted by molar-refractivity contribution is 0.171. The summed E-state index contributed by atoms with van der Waals surface area (Å²) in [7, 11) is 0. The summed E-state index contributed by atoms with van der Waals surface area (Å²) < 4.78 is 16.1. The molecule has 6 nitrogen and oxygen atoms in total. The second-order valence-electron chi connectivity index (χ2n) is 4.66. The van der Waals surface area contributed by atoms with Gasteiger partial charge in [0.2, 0.25) is 5.89 Å². The summed E-state index contributed by atoms with van der Waals surface area (Å²) in [6.45, 7) is 4.11. The third-order valence-corrected chi connectivity index (χ3v) is 3.26. The molecule has 1 N–H and O–H groups in total. The van der Waals surface area contributed by atoms with Gasteiger partial charge in [0, 0.05) is 19.0 Å². The summed E-state index contributed by atoms with van der Waals surface area (Å²) in [5.41, 5.74) is 1.17. The van der Waals surface area contributed by atoms with Crippen molar-refractivity contribution in [2.45, 2.75) is 19.4 Å². The first kappa shape index (κ1) is 12.9. The lowest BCUT2D eigenvalue weighted by Gasteiger charge is -2.21. The Kier molecular flexibility index (Phi) is 3.83. The van der Waals surface area contributed by atoms with Crippen LogP contribution in [-0.2, 0) is 6.42 Å². The first-order chi connectivity index (χ1) is 9.83. The van der Waals surface area contributed by atoms with Crippen LogP contribution in [0.2, 0.25) is 0 Å². The van der Waals surface area contributed by atoms with Crippen LogP contribution in [-0.4, -0.2) is 29.9 Å². The number of fused-ring (bicyclic) bond motifs is 1. The lowest BCUT2D eigenvalue weighted by atomic mass is 10.1. The van der Waals surface area contributed by atoms with Crippen LogP contribution in [0.1, 0.15) is 24.4 Å². The molecular formula is C14H17N3O3. The van der Waals surface area contributed by atoms with Crippen LogP contribution >= 0.6 is 0 Å². The molecule has 6 heteroatoms. The lowest BCUT2D eigenvalue weighted by Crippen LogP contribution is -2.22. The third kappa shape index (κ3) is 2.91. The van der Waals surface area contributed by atoms with Crippen LogP contribution in [0, 0.1) is 0 Å². The van der Waals surface area contributed by atoms with Crippen LogP contribution in [0.4, 0.5) is 0 Å². The molecule has 0 fully saturated rings. The van der Waals surface area contributed by atoms with Gasteiger partial charge in [-0.2, -0.15) is 4.98 Å². The molecule has 2 heterocycles. The van der Waals surface area contributed by atoms with E-state index >= 15 is 0 Å². The van der Waals surface area contributed by atoms with Crippen molar-refractivity contribution < 1.29 is 14.0 Å². The summed E-state index contributed by atoms with van der Waals surface area (Å²) in [5.74, 6) is 2.28. The maximum atomic E-state index is 5.59. The predicted octanol–water partition coefficient (Wildman–Crippen LogP) is 1.73. The molecule has 0 spiro atoms. The van der Waals surface area contributed by atoms with Gasteiger partial charge >= 0.3 is 0 Å². The van der Waals surface area contributed by atoms with E-state index in [0.29, 0.717) is 19.1 Å². The van der Waals surface area contributed by atoms with Gasteiger partial charge in [-0.15, -0.1) is 0 Å². The smallest absolute Gasteiger partial charge is 0.227 e. The first-order valence-electron chi connectivity index (χ1n) is 6.71. The van der Waals surface area contributed by atoms with E-state index in [9.17, 15) is 0 Å². The minimum absolute atomic E-state index is 0.216. The zero-order valence-corrected chi connectivity index (χ0v) is 11.3. The highest BCUT2D eigenvalue weighted by Gasteiger charge is 2.14. The number of hydrogen-bond donors (Lipinski definition) is 1. The standard InChI is InChI=1S/C14H17N3O3/c1-10(15-5-4-14-16-9-17-20-14)11-2-3-12-13(8-11)19-7-6-18-12/h2-3,8-10,15H,4-7H2,1H3. The van der Waals surface area contributed by atoms with Crippen LogP contribution in [0.15, 0.2) is 29.0 Å². The Hall–Kier alpha value is -2.08. The number of rotatable bonds is 5. The molecule has 20 heavy (non-hydrogen) atoms. The van der Waals surface area contributed by atoms with Crippen molar-refractivity contribution in [1.82, 2.24) is 15.5 Å². The zero-order valence-electron chi connectivity index (χ0n) is 11.3. The molecule has 2 aromatic rings. The largest absolute Gasteiger partial charge is 0.486 e. The van der Waals surface area contributed by atoms with E-state index in [1.165, 1.54) is 11.9 Å². The van der Waals surface area contributed by atoms with Crippen molar-refractivity contribution in [3.63, 3.8) is 0 Å². The van der Waals surface area contributed by atoms with E-state index < -0.39 is 0 Å². The van der Waals surface area contributed by atoms with Crippen LogP contribution < -0.4 is 14.8 Å². The fraction of sp³-hybridized carbons (Fsp3) is 0.429. The maximum absolute atomic E-state index is 5.59. The van der Waals surface area contributed by atoms with E-state index in [-0.39, 0.29) is 6.04 Å². The number of ether oxygens (including phenoxy) is 2. The number of aromatic nitrogens is 2. The molecule has 0 bridgehead atoms. The van der Waals surface area contributed by atoms with Gasteiger partial charge in [0.25, 0.3) is 0 Å². The average molecular weight is 275 g/mol. The van der Waals surface area contributed by atoms with Crippen molar-refractivity contribution in [3.05, 3.63) is 36.0 Å². The SMILES string of the molecule is CC(NCCc1ncno1)c1ccc2c(c1)OCCO2. The number of hydrogen-bond acceptors (Lipinski definition) is 6. The second kappa shape index (κ2) is 5.92. The average Bonchev–Trinajstić information content (AvgIpc) is 3.00. The maximum Gasteiger partial charge on any atom is 0.227 e. The molecule has 1 aliphatic rings. The fourth-order valence-electron chi connectivity index (χ4n) is 2.15. The molecule has 3 rings (SSSR count). The normalized spacial score (nSPS) is 15.1. The molecule has 1 aliphatic heterocycles. The summed E-state index contributed by atoms with van der Waals surface area (Å²) >= 11 is 0. The van der Waals surface area contributed by atoms with Gasteiger partial charge in [-0.25, -0.2) is 0 Å². The van der Waals surface area contributed by atoms with Gasteiger partial charge in [0.05, 0.1) is 0 Å². The van der Waals surface area contributed by atoms with Crippen LogP contribution in [0.25, 0.3) is 0 Å². The van der Waals surface area contributed by atoms with E-state index in [2.05, 4.69) is 28.4 Å². The molecule has 0 saturated heterocycles. The van der Waals surface area contributed by atoms with Gasteiger partial charge < -0.3 is 19.3 Å². The van der Waals surface area contributed by atoms with Gasteiger partial charge in [-0.3, -0.25) is 0 Å². The first-order valence-corrected chi connectivity index (χ1v) is 6.71. The highest BCUT2D eigenvalue weighted by molar-refractivity contribution is 5.44. The molecule has 1 aromatic heterocycles. The van der Waals surface area contributed by atoms with E-state index in [1.807, 2.05) is 12.1 Å². The summed E-state index contributed by atoms with van der Waals surface area (Å²) in [6, 6.07) is 6.25. The number of benzene rings is 1. The van der Waals surface area contributed by atoms with Crippen molar-refractivity contribution >= 4 is 0 Å². The van der Waals surface area contributed by atoms with Crippen LogP contribution in [0.3, 0.4) is 0 Å². The fourth-order valence-corrected chi connectivity index (χ4v) is 2.15. The van der Waals surface area contributed by atoms with E-state index in [0.717, 1.165) is 24.5 Å². The number of nitrogens with zero attached hydrogens (tertiary/aromatic N) is 2. The minimum atomic E-state index is 0.216. The Morgan fingerprint density at radius 1 is 1.25 bits per heavy atom.